The zero-order valence-corrected chi connectivity index (χ0v) is 19.0. The van der Waals surface area contributed by atoms with Gasteiger partial charge in [0.2, 0.25) is 17.0 Å². The van der Waals surface area contributed by atoms with Crippen LogP contribution in [-0.4, -0.2) is 0 Å². The Bertz CT molecular complexity index is 1890. The summed E-state index contributed by atoms with van der Waals surface area (Å²) < 4.78 is 14.9. The van der Waals surface area contributed by atoms with Crippen molar-refractivity contribution >= 4 is 43.9 Å². The average Bonchev–Trinajstić information content (AvgIpc) is 3.43. The first-order chi connectivity index (χ1) is 16.7. The van der Waals surface area contributed by atoms with E-state index in [0.29, 0.717) is 0 Å². The lowest BCUT2D eigenvalue weighted by Crippen LogP contribution is -2.33. The number of nitrogens with zero attached hydrogens (tertiary/aromatic N) is 1. The van der Waals surface area contributed by atoms with Crippen molar-refractivity contribution < 1.29 is 13.4 Å². The van der Waals surface area contributed by atoms with Gasteiger partial charge in [0.05, 0.1) is 6.07 Å². The molecule has 0 radical (unpaired) electrons. The number of fused-ring (bicyclic) bond motifs is 6. The standard InChI is InChI=1S/C31H22NO2/c1-19-7-5-8-21(17-19)23-10-6-11-26-25-14-13-22(18-29(25)34-31(23)26)32-16-15-27-24-9-3-4-12-28(24)33-30(27)20(32)2/h3-18H,1-2H3/q+1. The van der Waals surface area contributed by atoms with Gasteiger partial charge in [-0.15, -0.1) is 0 Å². The summed E-state index contributed by atoms with van der Waals surface area (Å²) in [6.45, 7) is 4.22. The topological polar surface area (TPSA) is 30.2 Å². The molecular weight excluding hydrogens is 418 g/mol. The highest BCUT2D eigenvalue weighted by atomic mass is 16.3. The lowest BCUT2D eigenvalue weighted by molar-refractivity contribution is -0.601. The molecule has 0 amide bonds. The summed E-state index contributed by atoms with van der Waals surface area (Å²) in [5.74, 6) is 0. The van der Waals surface area contributed by atoms with Gasteiger partial charge in [-0.1, -0.05) is 66.2 Å². The van der Waals surface area contributed by atoms with Crippen molar-refractivity contribution in [1.82, 2.24) is 0 Å². The molecule has 0 aliphatic heterocycles. The normalized spacial score (nSPS) is 11.8. The molecule has 3 heteroatoms. The molecule has 3 nitrogen and oxygen atoms in total. The monoisotopic (exact) mass is 440 g/mol. The van der Waals surface area contributed by atoms with Gasteiger partial charge in [0, 0.05) is 46.2 Å². The van der Waals surface area contributed by atoms with Gasteiger partial charge in [-0.3, -0.25) is 0 Å². The molecular formula is C31H22NO2+. The second-order valence-corrected chi connectivity index (χ2v) is 8.95. The van der Waals surface area contributed by atoms with Crippen LogP contribution >= 0.6 is 0 Å². The van der Waals surface area contributed by atoms with Gasteiger partial charge in [-0.05, 0) is 24.6 Å². The van der Waals surface area contributed by atoms with Crippen LogP contribution in [0.3, 0.4) is 0 Å². The van der Waals surface area contributed by atoms with Crippen molar-refractivity contribution in [3.63, 3.8) is 0 Å². The zero-order chi connectivity index (χ0) is 22.8. The number of aromatic nitrogens is 1. The molecule has 0 bridgehead atoms. The largest absolute Gasteiger partial charge is 0.455 e. The van der Waals surface area contributed by atoms with E-state index in [-0.39, 0.29) is 0 Å². The summed E-state index contributed by atoms with van der Waals surface area (Å²) in [6, 6.07) is 31.7. The predicted octanol–water partition coefficient (Wildman–Crippen LogP) is 8.05. The van der Waals surface area contributed by atoms with Crippen LogP contribution in [0.4, 0.5) is 0 Å². The molecule has 4 aromatic carbocycles. The summed E-state index contributed by atoms with van der Waals surface area (Å²) in [7, 11) is 0. The summed E-state index contributed by atoms with van der Waals surface area (Å²) in [5.41, 5.74) is 9.26. The van der Waals surface area contributed by atoms with Crippen LogP contribution in [-0.2, 0) is 0 Å². The zero-order valence-electron chi connectivity index (χ0n) is 19.0. The average molecular weight is 441 g/mol. The van der Waals surface area contributed by atoms with Crippen LogP contribution in [0, 0.1) is 13.8 Å². The molecule has 0 saturated heterocycles. The smallest absolute Gasteiger partial charge is 0.227 e. The van der Waals surface area contributed by atoms with E-state index in [0.717, 1.165) is 60.8 Å². The summed E-state index contributed by atoms with van der Waals surface area (Å²) in [6.07, 6.45) is 2.11. The maximum absolute atomic E-state index is 6.48. The Labute approximate surface area is 196 Å². The summed E-state index contributed by atoms with van der Waals surface area (Å²) >= 11 is 0. The second kappa shape index (κ2) is 7.06. The molecule has 0 aliphatic rings. The van der Waals surface area contributed by atoms with Crippen molar-refractivity contribution in [1.29, 1.82) is 0 Å². The van der Waals surface area contributed by atoms with Crippen LogP contribution in [0.1, 0.15) is 11.3 Å². The molecule has 0 fully saturated rings. The van der Waals surface area contributed by atoms with Crippen molar-refractivity contribution in [3.05, 3.63) is 108 Å². The Kier molecular flexibility index (Phi) is 3.97. The predicted molar refractivity (Wildman–Crippen MR) is 137 cm³/mol. The van der Waals surface area contributed by atoms with Gasteiger partial charge >= 0.3 is 0 Å². The molecule has 7 rings (SSSR count). The minimum Gasteiger partial charge on any atom is -0.455 e. The maximum Gasteiger partial charge on any atom is 0.227 e. The molecule has 0 N–H and O–H groups in total. The summed E-state index contributed by atoms with van der Waals surface area (Å²) in [4.78, 5) is 0. The van der Waals surface area contributed by atoms with Gasteiger partial charge in [-0.2, -0.15) is 4.57 Å². The number of pyridine rings is 1. The molecule has 0 aliphatic carbocycles. The number of hydrogen-bond acceptors (Lipinski definition) is 2. The van der Waals surface area contributed by atoms with Gasteiger partial charge in [0.25, 0.3) is 0 Å². The van der Waals surface area contributed by atoms with E-state index in [1.165, 1.54) is 11.1 Å². The second-order valence-electron chi connectivity index (χ2n) is 8.95. The van der Waals surface area contributed by atoms with Crippen molar-refractivity contribution in [2.24, 2.45) is 0 Å². The number of rotatable bonds is 2. The molecule has 7 aromatic rings. The van der Waals surface area contributed by atoms with E-state index in [4.69, 9.17) is 8.83 Å². The molecule has 3 aromatic heterocycles. The molecule has 162 valence electrons. The van der Waals surface area contributed by atoms with Gasteiger partial charge < -0.3 is 8.83 Å². The van der Waals surface area contributed by atoms with Crippen LogP contribution in [0.25, 0.3) is 60.7 Å². The number of hydrogen-bond donors (Lipinski definition) is 0. The molecule has 0 atom stereocenters. The van der Waals surface area contributed by atoms with Crippen molar-refractivity contribution in [2.45, 2.75) is 13.8 Å². The Hall–Kier alpha value is -4.37. The molecule has 3 heterocycles. The lowest BCUT2D eigenvalue weighted by atomic mass is 10.0. The molecule has 0 saturated carbocycles. The molecule has 34 heavy (non-hydrogen) atoms. The van der Waals surface area contributed by atoms with Crippen LogP contribution in [0.15, 0.2) is 106 Å². The fraction of sp³-hybridized carbons (Fsp3) is 0.0645. The van der Waals surface area contributed by atoms with Gasteiger partial charge in [0.15, 0.2) is 6.20 Å². The molecule has 0 unspecified atom stereocenters. The van der Waals surface area contributed by atoms with Crippen LogP contribution in [0.2, 0.25) is 0 Å². The number of furan rings is 2. The van der Waals surface area contributed by atoms with E-state index in [1.54, 1.807) is 0 Å². The molecule has 0 spiro atoms. The third-order valence-corrected chi connectivity index (χ3v) is 6.80. The van der Waals surface area contributed by atoms with Gasteiger partial charge in [-0.25, -0.2) is 0 Å². The third-order valence-electron chi connectivity index (χ3n) is 6.80. The SMILES string of the molecule is Cc1cccc(-c2cccc3c2oc2cc(-[n+]4ccc5c(oc6ccccc65)c4C)ccc23)c1. The number of aryl methyl sites for hydroxylation is 2. The Morgan fingerprint density at radius 3 is 2.26 bits per heavy atom. The maximum atomic E-state index is 6.48. The van der Waals surface area contributed by atoms with E-state index in [2.05, 4.69) is 97.4 Å². The minimum absolute atomic E-state index is 0.879. The fourth-order valence-corrected chi connectivity index (χ4v) is 5.13. The Morgan fingerprint density at radius 1 is 0.588 bits per heavy atom. The summed E-state index contributed by atoms with van der Waals surface area (Å²) in [5, 5.41) is 4.53. The van der Waals surface area contributed by atoms with Gasteiger partial charge in [0.1, 0.15) is 16.7 Å². The van der Waals surface area contributed by atoms with E-state index < -0.39 is 0 Å². The van der Waals surface area contributed by atoms with E-state index in [1.807, 2.05) is 18.2 Å². The quantitative estimate of drug-likeness (QED) is 0.255. The highest BCUT2D eigenvalue weighted by molar-refractivity contribution is 6.10. The van der Waals surface area contributed by atoms with Crippen LogP contribution in [0.5, 0.6) is 0 Å². The Balaban J connectivity index is 1.43. The first-order valence-electron chi connectivity index (χ1n) is 11.5. The third kappa shape index (κ3) is 2.74. The Morgan fingerprint density at radius 2 is 1.35 bits per heavy atom. The lowest BCUT2D eigenvalue weighted by Gasteiger charge is -2.03. The van der Waals surface area contributed by atoms with E-state index >= 15 is 0 Å². The van der Waals surface area contributed by atoms with Crippen LogP contribution < -0.4 is 4.57 Å². The van der Waals surface area contributed by atoms with Crippen molar-refractivity contribution in [3.8, 4) is 16.8 Å². The fourth-order valence-electron chi connectivity index (χ4n) is 5.13. The number of benzene rings is 4. The number of para-hydroxylation sites is 2. The first kappa shape index (κ1) is 19.1. The first-order valence-corrected chi connectivity index (χ1v) is 11.5. The van der Waals surface area contributed by atoms with Crippen molar-refractivity contribution in [2.75, 3.05) is 0 Å². The highest BCUT2D eigenvalue weighted by Gasteiger charge is 2.21. The highest BCUT2D eigenvalue weighted by Crippen LogP contribution is 2.36. The van der Waals surface area contributed by atoms with E-state index in [9.17, 15) is 0 Å². The minimum atomic E-state index is 0.879.